The lowest BCUT2D eigenvalue weighted by atomic mass is 9.91. The maximum absolute atomic E-state index is 11.3. The largest absolute Gasteiger partial charge is 0.463 e. The van der Waals surface area contributed by atoms with Gasteiger partial charge in [-0.3, -0.25) is 4.79 Å². The van der Waals surface area contributed by atoms with Gasteiger partial charge in [0.05, 0.1) is 12.5 Å². The smallest absolute Gasteiger partial charge is 0.311 e. The normalized spacial score (nSPS) is 11.4. The highest BCUT2D eigenvalue weighted by Crippen LogP contribution is 2.21. The molecule has 0 spiro atoms. The van der Waals surface area contributed by atoms with Gasteiger partial charge >= 0.3 is 5.97 Å². The van der Waals surface area contributed by atoms with E-state index in [9.17, 15) is 4.79 Å². The van der Waals surface area contributed by atoms with Gasteiger partial charge in [-0.25, -0.2) is 9.78 Å². The van der Waals surface area contributed by atoms with Gasteiger partial charge in [0, 0.05) is 0 Å². The van der Waals surface area contributed by atoms with Crippen molar-refractivity contribution < 1.29 is 19.3 Å². The van der Waals surface area contributed by atoms with Crippen molar-refractivity contribution in [2.75, 3.05) is 20.3 Å². The zero-order chi connectivity index (χ0) is 10.3. The topological polar surface area (TPSA) is 44.8 Å². The van der Waals surface area contributed by atoms with Crippen molar-refractivity contribution in [3.8, 4) is 0 Å². The minimum Gasteiger partial charge on any atom is -0.463 e. The van der Waals surface area contributed by atoms with Crippen LogP contribution in [0.4, 0.5) is 0 Å². The first-order chi connectivity index (χ1) is 6.04. The first-order valence-corrected chi connectivity index (χ1v) is 4.37. The van der Waals surface area contributed by atoms with E-state index in [2.05, 4.69) is 9.78 Å². The molecule has 0 radical (unpaired) electrons. The van der Waals surface area contributed by atoms with Gasteiger partial charge < -0.3 is 4.74 Å². The average molecular weight is 190 g/mol. The molecule has 0 unspecified atom stereocenters. The molecule has 0 aliphatic heterocycles. The molecule has 0 bridgehead atoms. The fourth-order valence-corrected chi connectivity index (χ4v) is 0.591. The van der Waals surface area contributed by atoms with Gasteiger partial charge in [-0.2, -0.15) is 0 Å². The van der Waals surface area contributed by atoms with E-state index >= 15 is 0 Å². The molecule has 0 aromatic heterocycles. The Morgan fingerprint density at radius 1 is 1.31 bits per heavy atom. The van der Waals surface area contributed by atoms with Gasteiger partial charge in [0.15, 0.2) is 0 Å². The monoisotopic (exact) mass is 190 g/mol. The molecule has 0 saturated carbocycles. The number of hydrogen-bond acceptors (Lipinski definition) is 4. The predicted octanol–water partition coefficient (Wildman–Crippen LogP) is 1.54. The number of rotatable bonds is 6. The second kappa shape index (κ2) is 5.94. The van der Waals surface area contributed by atoms with Crippen LogP contribution in [0.3, 0.4) is 0 Å². The molecular weight excluding hydrogens is 172 g/mol. The van der Waals surface area contributed by atoms with E-state index in [1.165, 1.54) is 7.11 Å². The van der Waals surface area contributed by atoms with E-state index in [1.54, 1.807) is 0 Å². The van der Waals surface area contributed by atoms with Gasteiger partial charge in [-0.05, 0) is 20.3 Å². The zero-order valence-electron chi connectivity index (χ0n) is 8.75. The molecule has 0 rings (SSSR count). The quantitative estimate of drug-likeness (QED) is 0.276. The molecule has 0 heterocycles. The summed E-state index contributed by atoms with van der Waals surface area (Å²) in [4.78, 5) is 20.2. The molecule has 0 aromatic rings. The minimum atomic E-state index is -0.410. The van der Waals surface area contributed by atoms with Gasteiger partial charge in [0.2, 0.25) is 0 Å². The van der Waals surface area contributed by atoms with E-state index in [1.807, 2.05) is 20.8 Å². The highest BCUT2D eigenvalue weighted by atomic mass is 17.2. The zero-order valence-corrected chi connectivity index (χ0v) is 8.75. The highest BCUT2D eigenvalue weighted by Gasteiger charge is 2.26. The standard InChI is InChI=1S/C9H18O4/c1-5-9(2,3)8(10)12-6-7-13-11-4/h5-7H2,1-4H3. The van der Waals surface area contributed by atoms with E-state index in [0.717, 1.165) is 6.42 Å². The molecule has 0 fully saturated rings. The molecule has 4 heteroatoms. The molecule has 78 valence electrons. The molecule has 0 aliphatic carbocycles. The van der Waals surface area contributed by atoms with Crippen LogP contribution in [0.1, 0.15) is 27.2 Å². The molecule has 0 saturated heterocycles. The number of esters is 1. The van der Waals surface area contributed by atoms with Crippen molar-refractivity contribution in [3.05, 3.63) is 0 Å². The Morgan fingerprint density at radius 3 is 2.38 bits per heavy atom. The molecule has 4 nitrogen and oxygen atoms in total. The van der Waals surface area contributed by atoms with Crippen LogP contribution in [0.2, 0.25) is 0 Å². The summed E-state index contributed by atoms with van der Waals surface area (Å²) in [6, 6.07) is 0. The van der Waals surface area contributed by atoms with Gasteiger partial charge in [0.1, 0.15) is 13.2 Å². The third-order valence-electron chi connectivity index (χ3n) is 1.95. The Labute approximate surface area is 79.1 Å². The maximum atomic E-state index is 11.3. The van der Waals surface area contributed by atoms with Crippen LogP contribution in [0, 0.1) is 5.41 Å². The maximum Gasteiger partial charge on any atom is 0.311 e. The summed E-state index contributed by atoms with van der Waals surface area (Å²) in [5, 5.41) is 0. The van der Waals surface area contributed by atoms with Crippen LogP contribution in [0.25, 0.3) is 0 Å². The summed E-state index contributed by atoms with van der Waals surface area (Å²) in [5.74, 6) is -0.199. The first-order valence-electron chi connectivity index (χ1n) is 4.37. The third kappa shape index (κ3) is 4.85. The van der Waals surface area contributed by atoms with Crippen molar-refractivity contribution in [2.45, 2.75) is 27.2 Å². The summed E-state index contributed by atoms with van der Waals surface area (Å²) in [5.41, 5.74) is -0.410. The molecule has 0 amide bonds. The third-order valence-corrected chi connectivity index (χ3v) is 1.95. The van der Waals surface area contributed by atoms with E-state index in [-0.39, 0.29) is 19.2 Å². The lowest BCUT2D eigenvalue weighted by Crippen LogP contribution is -2.26. The Morgan fingerprint density at radius 2 is 1.92 bits per heavy atom. The van der Waals surface area contributed by atoms with Crippen LogP contribution < -0.4 is 0 Å². The summed E-state index contributed by atoms with van der Waals surface area (Å²) < 4.78 is 4.96. The molecule has 0 aromatic carbocycles. The van der Waals surface area contributed by atoms with E-state index < -0.39 is 5.41 Å². The predicted molar refractivity (Wildman–Crippen MR) is 48.0 cm³/mol. The first kappa shape index (κ1) is 12.4. The van der Waals surface area contributed by atoms with E-state index in [0.29, 0.717) is 0 Å². The lowest BCUT2D eigenvalue weighted by molar-refractivity contribution is -0.277. The summed E-state index contributed by atoms with van der Waals surface area (Å²) in [6.45, 7) is 6.16. The Balaban J connectivity index is 3.62. The fourth-order valence-electron chi connectivity index (χ4n) is 0.591. The second-order valence-electron chi connectivity index (χ2n) is 3.36. The number of hydrogen-bond donors (Lipinski definition) is 0. The number of carbonyl (C=O) groups excluding carboxylic acids is 1. The summed E-state index contributed by atoms with van der Waals surface area (Å²) in [7, 11) is 1.41. The molecular formula is C9H18O4. The van der Waals surface area contributed by atoms with Crippen LogP contribution in [0.15, 0.2) is 0 Å². The molecule has 0 aliphatic rings. The lowest BCUT2D eigenvalue weighted by Gasteiger charge is -2.19. The SMILES string of the molecule is CCC(C)(C)C(=O)OCCOOC. The van der Waals surface area contributed by atoms with Crippen LogP contribution >= 0.6 is 0 Å². The van der Waals surface area contributed by atoms with Crippen molar-refractivity contribution in [1.82, 2.24) is 0 Å². The minimum absolute atomic E-state index is 0.199. The van der Waals surface area contributed by atoms with Crippen molar-refractivity contribution in [3.63, 3.8) is 0 Å². The van der Waals surface area contributed by atoms with Gasteiger partial charge in [-0.1, -0.05) is 6.92 Å². The van der Waals surface area contributed by atoms with Crippen molar-refractivity contribution >= 4 is 5.97 Å². The van der Waals surface area contributed by atoms with Gasteiger partial charge in [0.25, 0.3) is 0 Å². The Hall–Kier alpha value is -0.610. The fraction of sp³-hybridized carbons (Fsp3) is 0.889. The Bertz CT molecular complexity index is 154. The number of ether oxygens (including phenoxy) is 1. The van der Waals surface area contributed by atoms with Gasteiger partial charge in [-0.15, -0.1) is 0 Å². The van der Waals surface area contributed by atoms with E-state index in [4.69, 9.17) is 4.74 Å². The van der Waals surface area contributed by atoms with Crippen LogP contribution in [-0.2, 0) is 19.3 Å². The summed E-state index contributed by atoms with van der Waals surface area (Å²) in [6.07, 6.45) is 0.761. The highest BCUT2D eigenvalue weighted by molar-refractivity contribution is 5.75. The van der Waals surface area contributed by atoms with Crippen molar-refractivity contribution in [1.29, 1.82) is 0 Å². The average Bonchev–Trinajstić information content (AvgIpc) is 2.12. The second-order valence-corrected chi connectivity index (χ2v) is 3.36. The van der Waals surface area contributed by atoms with Crippen LogP contribution in [0.5, 0.6) is 0 Å². The number of carbonyl (C=O) groups is 1. The summed E-state index contributed by atoms with van der Waals surface area (Å²) >= 11 is 0. The molecule has 0 N–H and O–H groups in total. The Kier molecular flexibility index (Phi) is 5.66. The molecule has 13 heavy (non-hydrogen) atoms. The molecule has 0 atom stereocenters. The van der Waals surface area contributed by atoms with Crippen molar-refractivity contribution in [2.24, 2.45) is 5.41 Å². The van der Waals surface area contributed by atoms with Crippen LogP contribution in [-0.4, -0.2) is 26.3 Å².